The lowest BCUT2D eigenvalue weighted by Crippen LogP contribution is -2.07. The van der Waals surface area contributed by atoms with Crippen LogP contribution < -0.4 is 10.3 Å². The van der Waals surface area contributed by atoms with E-state index in [1.165, 1.54) is 21.3 Å². The van der Waals surface area contributed by atoms with Gasteiger partial charge in [-0.1, -0.05) is 17.3 Å². The molecule has 0 radical (unpaired) electrons. The van der Waals surface area contributed by atoms with Crippen LogP contribution in [0.4, 0.5) is 5.69 Å². The van der Waals surface area contributed by atoms with E-state index < -0.39 is 0 Å². The molecule has 0 amide bonds. The van der Waals surface area contributed by atoms with Crippen molar-refractivity contribution in [2.75, 3.05) is 19.0 Å². The molecule has 96 valence electrons. The average molecular weight is 270 g/mol. The minimum Gasteiger partial charge on any atom is -0.410 e. The van der Waals surface area contributed by atoms with Gasteiger partial charge in [0.15, 0.2) is 0 Å². The van der Waals surface area contributed by atoms with Crippen LogP contribution in [0.25, 0.3) is 20.5 Å². The first-order valence-corrected chi connectivity index (χ1v) is 6.82. The van der Waals surface area contributed by atoms with Crippen molar-refractivity contribution in [3.8, 4) is 10.4 Å². The Hall–Kier alpha value is -2.07. The van der Waals surface area contributed by atoms with Crippen LogP contribution in [0.15, 0.2) is 47.6 Å². The van der Waals surface area contributed by atoms with E-state index in [-0.39, 0.29) is 0 Å². The first-order valence-electron chi connectivity index (χ1n) is 6.00. The van der Waals surface area contributed by atoms with Gasteiger partial charge in [0.25, 0.3) is 0 Å². The van der Waals surface area contributed by atoms with E-state index in [4.69, 9.17) is 5.21 Å². The zero-order valence-electron chi connectivity index (χ0n) is 10.8. The Morgan fingerprint density at radius 2 is 1.89 bits per heavy atom. The zero-order valence-corrected chi connectivity index (χ0v) is 11.6. The monoisotopic (exact) mass is 270 g/mol. The predicted octanol–water partition coefficient (Wildman–Crippen LogP) is 3.36. The highest BCUT2D eigenvalue weighted by molar-refractivity contribution is 7.21. The summed E-state index contributed by atoms with van der Waals surface area (Å²) in [7, 11) is 4.07. The molecule has 0 atom stereocenters. The number of fused-ring (bicyclic) bond motifs is 2. The van der Waals surface area contributed by atoms with Crippen LogP contribution in [0.3, 0.4) is 0 Å². The molecule has 19 heavy (non-hydrogen) atoms. The summed E-state index contributed by atoms with van der Waals surface area (Å²) in [5, 5.41) is 13.9. The molecular formula is C15H14N2OS. The number of hydrogen-bond acceptors (Lipinski definition) is 4. The van der Waals surface area contributed by atoms with Gasteiger partial charge in [-0.05, 0) is 41.3 Å². The van der Waals surface area contributed by atoms with Crippen LogP contribution in [-0.4, -0.2) is 19.3 Å². The lowest BCUT2D eigenvalue weighted by Gasteiger charge is -2.14. The minimum absolute atomic E-state index is 0.590. The second kappa shape index (κ2) is 4.55. The summed E-state index contributed by atoms with van der Waals surface area (Å²) in [4.78, 5) is 3.22. The van der Waals surface area contributed by atoms with Gasteiger partial charge in [0.05, 0.1) is 0 Å². The molecule has 0 bridgehead atoms. The summed E-state index contributed by atoms with van der Waals surface area (Å²) in [5.41, 5.74) is 2.36. The molecule has 0 saturated heterocycles. The van der Waals surface area contributed by atoms with Gasteiger partial charge >= 0.3 is 0 Å². The van der Waals surface area contributed by atoms with Crippen LogP contribution in [-0.2, 0) is 0 Å². The molecule has 0 spiro atoms. The molecule has 1 aromatic carbocycles. The van der Waals surface area contributed by atoms with Crippen LogP contribution in [0.2, 0.25) is 0 Å². The maximum absolute atomic E-state index is 8.85. The third-order valence-corrected chi connectivity index (χ3v) is 4.30. The van der Waals surface area contributed by atoms with Crippen molar-refractivity contribution >= 4 is 27.1 Å². The molecule has 1 heterocycles. The first kappa shape index (κ1) is 12.0. The number of nitrogens with zero attached hydrogens (tertiary/aromatic N) is 2. The molecular weight excluding hydrogens is 256 g/mol. The van der Waals surface area contributed by atoms with Gasteiger partial charge in [-0.2, -0.15) is 0 Å². The third kappa shape index (κ3) is 2.15. The first-order chi connectivity index (χ1) is 9.17. The van der Waals surface area contributed by atoms with Crippen molar-refractivity contribution in [1.82, 2.24) is 0 Å². The molecule has 0 unspecified atom stereocenters. The lowest BCUT2D eigenvalue weighted by atomic mass is 10.1. The number of rotatable bonds is 1. The van der Waals surface area contributed by atoms with E-state index in [1.807, 2.05) is 32.3 Å². The van der Waals surface area contributed by atoms with Crippen molar-refractivity contribution in [2.24, 2.45) is 5.16 Å². The normalized spacial score (nSPS) is 12.2. The van der Waals surface area contributed by atoms with E-state index in [1.54, 1.807) is 11.3 Å². The number of hydrogen-bond donors (Lipinski definition) is 1. The lowest BCUT2D eigenvalue weighted by molar-refractivity contribution is 0.302. The molecule has 3 nitrogen and oxygen atoms in total. The fourth-order valence-electron chi connectivity index (χ4n) is 2.09. The highest BCUT2D eigenvalue weighted by Gasteiger charge is 2.06. The van der Waals surface area contributed by atoms with E-state index >= 15 is 0 Å². The Kier molecular flexibility index (Phi) is 2.87. The topological polar surface area (TPSA) is 35.8 Å². The minimum atomic E-state index is 0.590. The quantitative estimate of drug-likeness (QED) is 0.418. The van der Waals surface area contributed by atoms with Crippen molar-refractivity contribution in [3.63, 3.8) is 0 Å². The summed E-state index contributed by atoms with van der Waals surface area (Å²) in [5.74, 6) is 0. The molecule has 1 aromatic rings. The molecule has 0 aromatic heterocycles. The number of anilines is 1. The highest BCUT2D eigenvalue weighted by atomic mass is 32.1. The zero-order chi connectivity index (χ0) is 13.4. The molecule has 1 N–H and O–H groups in total. The van der Waals surface area contributed by atoms with Crippen molar-refractivity contribution in [3.05, 3.63) is 47.8 Å². The Balaban J connectivity index is 2.31. The Bertz CT molecular complexity index is 777. The third-order valence-electron chi connectivity index (χ3n) is 3.16. The summed E-state index contributed by atoms with van der Waals surface area (Å²) >= 11 is 1.71. The summed E-state index contributed by atoms with van der Waals surface area (Å²) in [6.45, 7) is 0. The number of benzene rings is 2. The SMILES string of the molecule is CN(C)c1ccc2cc3ccc(=NO)cc-3sc2c1. The van der Waals surface area contributed by atoms with Crippen LogP contribution in [0.5, 0.6) is 0 Å². The van der Waals surface area contributed by atoms with Gasteiger partial charge in [-0.25, -0.2) is 0 Å². The van der Waals surface area contributed by atoms with Crippen LogP contribution in [0.1, 0.15) is 0 Å². The standard InChI is InChI=1S/C15H14N2OS/c1-17(2)13-6-4-11-7-10-3-5-12(16-18)8-14(10)19-15(11)9-13/h3-9,18H,1-2H3. The molecule has 0 fully saturated rings. The van der Waals surface area contributed by atoms with Gasteiger partial charge in [0, 0.05) is 29.4 Å². The Labute approximate surface area is 115 Å². The smallest absolute Gasteiger partial charge is 0.104 e. The van der Waals surface area contributed by atoms with Crippen LogP contribution >= 0.6 is 11.3 Å². The maximum atomic E-state index is 8.85. The largest absolute Gasteiger partial charge is 0.410 e. The maximum Gasteiger partial charge on any atom is 0.104 e. The summed E-state index contributed by atoms with van der Waals surface area (Å²) in [6.07, 6.45) is 0. The second-order valence-electron chi connectivity index (χ2n) is 4.69. The Morgan fingerprint density at radius 1 is 1.05 bits per heavy atom. The molecule has 2 aliphatic rings. The molecule has 3 rings (SSSR count). The fourth-order valence-corrected chi connectivity index (χ4v) is 3.17. The second-order valence-corrected chi connectivity index (χ2v) is 5.77. The van der Waals surface area contributed by atoms with E-state index in [0.717, 1.165) is 4.88 Å². The van der Waals surface area contributed by atoms with E-state index in [9.17, 15) is 0 Å². The van der Waals surface area contributed by atoms with E-state index in [0.29, 0.717) is 5.36 Å². The molecule has 1 aliphatic carbocycles. The molecule has 1 aliphatic heterocycles. The van der Waals surface area contributed by atoms with Gasteiger partial charge in [-0.15, -0.1) is 11.3 Å². The van der Waals surface area contributed by atoms with Crippen molar-refractivity contribution in [2.45, 2.75) is 0 Å². The van der Waals surface area contributed by atoms with Crippen molar-refractivity contribution in [1.29, 1.82) is 0 Å². The molecule has 4 heteroatoms. The summed E-state index contributed by atoms with van der Waals surface area (Å²) < 4.78 is 1.23. The van der Waals surface area contributed by atoms with Gasteiger partial charge < -0.3 is 10.1 Å². The van der Waals surface area contributed by atoms with E-state index in [2.05, 4.69) is 34.3 Å². The van der Waals surface area contributed by atoms with Gasteiger partial charge in [0.1, 0.15) is 5.36 Å². The Morgan fingerprint density at radius 3 is 2.63 bits per heavy atom. The predicted molar refractivity (Wildman–Crippen MR) is 80.1 cm³/mol. The fraction of sp³-hybridized carbons (Fsp3) is 0.133. The van der Waals surface area contributed by atoms with Gasteiger partial charge in [-0.3, -0.25) is 0 Å². The summed E-state index contributed by atoms with van der Waals surface area (Å²) in [6, 6.07) is 14.3. The van der Waals surface area contributed by atoms with Gasteiger partial charge in [0.2, 0.25) is 0 Å². The molecule has 0 saturated carbocycles. The average Bonchev–Trinajstić information content (AvgIpc) is 2.43. The highest BCUT2D eigenvalue weighted by Crippen LogP contribution is 2.33. The van der Waals surface area contributed by atoms with Crippen LogP contribution in [0, 0.1) is 0 Å². The van der Waals surface area contributed by atoms with Crippen molar-refractivity contribution < 1.29 is 5.21 Å².